The first kappa shape index (κ1) is 12.9. The highest BCUT2D eigenvalue weighted by Crippen LogP contribution is 2.48. The van der Waals surface area contributed by atoms with Gasteiger partial charge in [0.1, 0.15) is 0 Å². The van der Waals surface area contributed by atoms with E-state index in [-0.39, 0.29) is 11.9 Å². The summed E-state index contributed by atoms with van der Waals surface area (Å²) in [6, 6.07) is -0.325. The van der Waals surface area contributed by atoms with Gasteiger partial charge in [0.15, 0.2) is 0 Å². The second-order valence-electron chi connectivity index (χ2n) is 6.32. The highest BCUT2D eigenvalue weighted by atomic mass is 16.2. The molecule has 1 atom stereocenters. The van der Waals surface area contributed by atoms with E-state index < -0.39 is 0 Å². The third-order valence-corrected chi connectivity index (χ3v) is 4.03. The molecule has 17 heavy (non-hydrogen) atoms. The molecule has 3 nitrogen and oxygen atoms in total. The van der Waals surface area contributed by atoms with Crippen molar-refractivity contribution in [3.8, 4) is 0 Å². The van der Waals surface area contributed by atoms with E-state index in [2.05, 4.69) is 19.2 Å². The Bertz CT molecular complexity index is 257. The van der Waals surface area contributed by atoms with Crippen LogP contribution in [0, 0.1) is 23.7 Å². The summed E-state index contributed by atoms with van der Waals surface area (Å²) in [5.41, 5.74) is 5.88. The molecule has 0 aliphatic heterocycles. The van der Waals surface area contributed by atoms with Gasteiger partial charge in [-0.15, -0.1) is 0 Å². The number of carbonyl (C=O) groups excluding carboxylic acids is 1. The number of amides is 1. The molecule has 0 bridgehead atoms. The Kier molecular flexibility index (Phi) is 4.08. The molecule has 1 unspecified atom stereocenters. The SMILES string of the molecule is CC(C)CC(N)C(=O)NCC(C1CC1)C1CC1. The number of hydrogen-bond donors (Lipinski definition) is 2. The smallest absolute Gasteiger partial charge is 0.236 e. The molecule has 2 rings (SSSR count). The lowest BCUT2D eigenvalue weighted by molar-refractivity contribution is -0.122. The van der Waals surface area contributed by atoms with E-state index in [4.69, 9.17) is 5.73 Å². The first-order valence-corrected chi connectivity index (χ1v) is 7.11. The van der Waals surface area contributed by atoms with Crippen LogP contribution in [0.3, 0.4) is 0 Å². The van der Waals surface area contributed by atoms with E-state index in [1.165, 1.54) is 25.7 Å². The number of hydrogen-bond acceptors (Lipinski definition) is 2. The van der Waals surface area contributed by atoms with E-state index in [1.54, 1.807) is 0 Å². The molecule has 1 amide bonds. The minimum Gasteiger partial charge on any atom is -0.354 e. The van der Waals surface area contributed by atoms with E-state index in [0.29, 0.717) is 5.92 Å². The molecule has 0 heterocycles. The third-order valence-electron chi connectivity index (χ3n) is 4.03. The Morgan fingerprint density at radius 1 is 1.24 bits per heavy atom. The number of nitrogens with one attached hydrogen (secondary N) is 1. The normalized spacial score (nSPS) is 21.9. The second kappa shape index (κ2) is 5.38. The average Bonchev–Trinajstić information content (AvgIpc) is 3.11. The zero-order valence-corrected chi connectivity index (χ0v) is 11.1. The lowest BCUT2D eigenvalue weighted by atomic mass is 9.97. The van der Waals surface area contributed by atoms with Gasteiger partial charge in [-0.3, -0.25) is 4.79 Å². The molecule has 3 N–H and O–H groups in total. The first-order chi connectivity index (χ1) is 8.08. The van der Waals surface area contributed by atoms with Crippen molar-refractivity contribution < 1.29 is 4.79 Å². The van der Waals surface area contributed by atoms with Gasteiger partial charge in [0.2, 0.25) is 5.91 Å². The maximum atomic E-state index is 11.8. The van der Waals surface area contributed by atoms with E-state index in [9.17, 15) is 4.79 Å². The summed E-state index contributed by atoms with van der Waals surface area (Å²) >= 11 is 0. The summed E-state index contributed by atoms with van der Waals surface area (Å²) in [6.07, 6.45) is 6.26. The van der Waals surface area contributed by atoms with Crippen LogP contribution in [-0.4, -0.2) is 18.5 Å². The van der Waals surface area contributed by atoms with Crippen LogP contribution >= 0.6 is 0 Å². The van der Waals surface area contributed by atoms with Gasteiger partial charge >= 0.3 is 0 Å². The third kappa shape index (κ3) is 3.98. The summed E-state index contributed by atoms with van der Waals surface area (Å²) in [4.78, 5) is 11.8. The van der Waals surface area contributed by atoms with Gasteiger partial charge in [0.25, 0.3) is 0 Å². The van der Waals surface area contributed by atoms with E-state index in [1.807, 2.05) is 0 Å². The second-order valence-corrected chi connectivity index (χ2v) is 6.32. The number of rotatable bonds is 7. The van der Waals surface area contributed by atoms with Crippen LogP contribution in [0.5, 0.6) is 0 Å². The number of carbonyl (C=O) groups is 1. The zero-order chi connectivity index (χ0) is 12.4. The fourth-order valence-corrected chi connectivity index (χ4v) is 2.73. The highest BCUT2D eigenvalue weighted by Gasteiger charge is 2.41. The fraction of sp³-hybridized carbons (Fsp3) is 0.929. The molecule has 0 radical (unpaired) electrons. The molecular formula is C14H26N2O. The standard InChI is InChI=1S/C14H26N2O/c1-9(2)7-13(15)14(17)16-8-12(10-3-4-10)11-5-6-11/h9-13H,3-8,15H2,1-2H3,(H,16,17). The molecular weight excluding hydrogens is 212 g/mol. The van der Waals surface area contributed by atoms with Crippen molar-refractivity contribution in [3.63, 3.8) is 0 Å². The van der Waals surface area contributed by atoms with Crippen molar-refractivity contribution in [2.45, 2.75) is 52.0 Å². The minimum atomic E-state index is -0.325. The summed E-state index contributed by atoms with van der Waals surface area (Å²) < 4.78 is 0. The predicted octanol–water partition coefficient (Wildman–Crippen LogP) is 1.91. The Morgan fingerprint density at radius 2 is 1.76 bits per heavy atom. The molecule has 0 saturated heterocycles. The molecule has 98 valence electrons. The van der Waals surface area contributed by atoms with Crippen LogP contribution in [-0.2, 0) is 4.79 Å². The first-order valence-electron chi connectivity index (χ1n) is 7.11. The lowest BCUT2D eigenvalue weighted by Crippen LogP contribution is -2.43. The molecule has 0 spiro atoms. The predicted molar refractivity (Wildman–Crippen MR) is 69.4 cm³/mol. The van der Waals surface area contributed by atoms with Crippen LogP contribution in [0.15, 0.2) is 0 Å². The maximum absolute atomic E-state index is 11.8. The summed E-state index contributed by atoms with van der Waals surface area (Å²) in [5.74, 6) is 3.06. The van der Waals surface area contributed by atoms with Gasteiger partial charge < -0.3 is 11.1 Å². The average molecular weight is 238 g/mol. The molecule has 3 heteroatoms. The van der Waals surface area contributed by atoms with Crippen molar-refractivity contribution >= 4 is 5.91 Å². The lowest BCUT2D eigenvalue weighted by Gasteiger charge is -2.19. The topological polar surface area (TPSA) is 55.1 Å². The van der Waals surface area contributed by atoms with Crippen LogP contribution in [0.4, 0.5) is 0 Å². The number of nitrogens with two attached hydrogens (primary N) is 1. The molecule has 2 fully saturated rings. The quantitative estimate of drug-likeness (QED) is 0.712. The van der Waals surface area contributed by atoms with Crippen LogP contribution in [0.25, 0.3) is 0 Å². The Hall–Kier alpha value is -0.570. The molecule has 2 aliphatic carbocycles. The minimum absolute atomic E-state index is 0.0463. The van der Waals surface area contributed by atoms with Gasteiger partial charge in [0.05, 0.1) is 6.04 Å². The largest absolute Gasteiger partial charge is 0.354 e. The van der Waals surface area contributed by atoms with Crippen molar-refractivity contribution in [1.82, 2.24) is 5.32 Å². The summed E-state index contributed by atoms with van der Waals surface area (Å²) in [6.45, 7) is 5.06. The summed E-state index contributed by atoms with van der Waals surface area (Å²) in [7, 11) is 0. The van der Waals surface area contributed by atoms with E-state index in [0.717, 1.165) is 30.7 Å². The molecule has 2 aliphatic rings. The Balaban J connectivity index is 1.70. The summed E-state index contributed by atoms with van der Waals surface area (Å²) in [5, 5.41) is 3.07. The van der Waals surface area contributed by atoms with Gasteiger partial charge in [-0.25, -0.2) is 0 Å². The van der Waals surface area contributed by atoms with E-state index >= 15 is 0 Å². The Labute approximate surface area is 105 Å². The van der Waals surface area contributed by atoms with Crippen molar-refractivity contribution in [2.24, 2.45) is 29.4 Å². The van der Waals surface area contributed by atoms with Crippen molar-refractivity contribution in [1.29, 1.82) is 0 Å². The highest BCUT2D eigenvalue weighted by molar-refractivity contribution is 5.81. The van der Waals surface area contributed by atoms with Gasteiger partial charge in [-0.05, 0) is 55.8 Å². The molecule has 0 aromatic rings. The fourth-order valence-electron chi connectivity index (χ4n) is 2.73. The van der Waals surface area contributed by atoms with Gasteiger partial charge in [0, 0.05) is 6.54 Å². The Morgan fingerprint density at radius 3 is 2.18 bits per heavy atom. The van der Waals surface area contributed by atoms with Crippen LogP contribution in [0.2, 0.25) is 0 Å². The van der Waals surface area contributed by atoms with Gasteiger partial charge in [-0.2, -0.15) is 0 Å². The monoisotopic (exact) mass is 238 g/mol. The molecule has 0 aromatic heterocycles. The van der Waals surface area contributed by atoms with Crippen LogP contribution in [0.1, 0.15) is 46.0 Å². The molecule has 2 saturated carbocycles. The van der Waals surface area contributed by atoms with Gasteiger partial charge in [-0.1, -0.05) is 13.8 Å². The van der Waals surface area contributed by atoms with Crippen molar-refractivity contribution in [2.75, 3.05) is 6.54 Å². The zero-order valence-electron chi connectivity index (χ0n) is 11.1. The molecule has 0 aromatic carbocycles. The maximum Gasteiger partial charge on any atom is 0.236 e. The van der Waals surface area contributed by atoms with Crippen molar-refractivity contribution in [3.05, 3.63) is 0 Å². The van der Waals surface area contributed by atoms with Crippen LogP contribution < -0.4 is 11.1 Å².